The van der Waals surface area contributed by atoms with Crippen molar-refractivity contribution >= 4 is 6.03 Å². The Morgan fingerprint density at radius 3 is 2.48 bits per heavy atom. The molecule has 1 aromatic heterocycles. The van der Waals surface area contributed by atoms with E-state index < -0.39 is 0 Å². The Bertz CT molecular complexity index is 715. The van der Waals surface area contributed by atoms with Gasteiger partial charge in [-0.1, -0.05) is 34.6 Å². The second-order valence-electron chi connectivity index (χ2n) is 7.50. The molecule has 2 aromatic rings. The van der Waals surface area contributed by atoms with Crippen molar-refractivity contribution < 1.29 is 13.9 Å². The van der Waals surface area contributed by atoms with Crippen LogP contribution in [0.15, 0.2) is 30.5 Å². The third-order valence-corrected chi connectivity index (χ3v) is 3.68. The van der Waals surface area contributed by atoms with Gasteiger partial charge in [0.05, 0.1) is 5.69 Å². The molecule has 0 unspecified atom stereocenters. The van der Waals surface area contributed by atoms with Gasteiger partial charge in [-0.25, -0.2) is 13.8 Å². The van der Waals surface area contributed by atoms with Crippen molar-refractivity contribution in [3.05, 3.63) is 42.0 Å². The second-order valence-corrected chi connectivity index (χ2v) is 7.50. The molecule has 6 heteroatoms. The average Bonchev–Trinajstić information content (AvgIpc) is 2.93. The van der Waals surface area contributed by atoms with Gasteiger partial charge in [0, 0.05) is 18.2 Å². The zero-order valence-corrected chi connectivity index (χ0v) is 15.5. The summed E-state index contributed by atoms with van der Waals surface area (Å²) in [5, 5.41) is 2.87. The largest absolute Gasteiger partial charge is 0.425 e. The summed E-state index contributed by atoms with van der Waals surface area (Å²) in [6, 6.07) is 5.48. The molecular weight excluding hydrogens is 321 g/mol. The smallest absolute Gasteiger partial charge is 0.329 e. The highest BCUT2D eigenvalue weighted by atomic mass is 19.1. The molecule has 2 rings (SSSR count). The van der Waals surface area contributed by atoms with Crippen molar-refractivity contribution in [1.82, 2.24) is 14.9 Å². The highest BCUT2D eigenvalue weighted by Gasteiger charge is 2.23. The van der Waals surface area contributed by atoms with Crippen molar-refractivity contribution in [2.75, 3.05) is 6.54 Å². The van der Waals surface area contributed by atoms with E-state index in [2.05, 4.69) is 24.1 Å². The molecule has 1 heterocycles. The molecule has 0 aliphatic heterocycles. The predicted molar refractivity (Wildman–Crippen MR) is 95.7 cm³/mol. The molecule has 0 spiro atoms. The van der Waals surface area contributed by atoms with Gasteiger partial charge in [0.2, 0.25) is 0 Å². The Labute approximate surface area is 148 Å². The van der Waals surface area contributed by atoms with Crippen molar-refractivity contribution in [3.63, 3.8) is 0 Å². The molecule has 0 saturated heterocycles. The Kier molecular flexibility index (Phi) is 5.82. The highest BCUT2D eigenvalue weighted by Crippen LogP contribution is 2.27. The van der Waals surface area contributed by atoms with Crippen molar-refractivity contribution in [2.24, 2.45) is 5.92 Å². The fourth-order valence-electron chi connectivity index (χ4n) is 2.10. The monoisotopic (exact) mass is 347 g/mol. The van der Waals surface area contributed by atoms with Crippen LogP contribution in [0.2, 0.25) is 0 Å². The summed E-state index contributed by atoms with van der Waals surface area (Å²) >= 11 is 0. The van der Waals surface area contributed by atoms with Crippen LogP contribution in [0, 0.1) is 11.7 Å². The maximum atomic E-state index is 13.1. The van der Waals surface area contributed by atoms with E-state index in [1.807, 2.05) is 20.8 Å². The number of nitrogens with one attached hydrogen (secondary N) is 1. The fraction of sp³-hybridized carbons (Fsp3) is 0.474. The minimum Gasteiger partial charge on any atom is -0.425 e. The van der Waals surface area contributed by atoms with Crippen molar-refractivity contribution in [2.45, 2.75) is 46.5 Å². The lowest BCUT2D eigenvalue weighted by Crippen LogP contribution is -2.29. The molecule has 0 aliphatic rings. The summed E-state index contributed by atoms with van der Waals surface area (Å²) in [6.45, 7) is 10.8. The Balaban J connectivity index is 2.25. The number of benzene rings is 1. The highest BCUT2D eigenvalue weighted by molar-refractivity contribution is 5.78. The number of hydrogen-bond acceptors (Lipinski definition) is 3. The number of carbonyl (C=O) groups excluding carboxylic acids is 1. The summed E-state index contributed by atoms with van der Waals surface area (Å²) in [5.41, 5.74) is 0.508. The van der Waals surface area contributed by atoms with E-state index in [0.717, 1.165) is 12.1 Å². The molecule has 1 aromatic carbocycles. The summed E-state index contributed by atoms with van der Waals surface area (Å²) in [4.78, 5) is 17.0. The van der Waals surface area contributed by atoms with Crippen LogP contribution in [0.3, 0.4) is 0 Å². The van der Waals surface area contributed by atoms with E-state index in [0.29, 0.717) is 18.2 Å². The molecule has 0 aliphatic carbocycles. The molecule has 5 nitrogen and oxygen atoms in total. The molecule has 0 atom stereocenters. The van der Waals surface area contributed by atoms with Gasteiger partial charge in [-0.15, -0.1) is 0 Å². The lowest BCUT2D eigenvalue weighted by Gasteiger charge is -2.13. The molecule has 136 valence electrons. The third-order valence-electron chi connectivity index (χ3n) is 3.68. The number of nitrogens with zero attached hydrogens (tertiary/aromatic N) is 2. The van der Waals surface area contributed by atoms with Crippen LogP contribution in [-0.4, -0.2) is 22.1 Å². The number of hydrogen-bond donors (Lipinski definition) is 1. The van der Waals surface area contributed by atoms with Crippen molar-refractivity contribution in [1.29, 1.82) is 0 Å². The summed E-state index contributed by atoms with van der Waals surface area (Å²) in [6.07, 6.45) is 2.57. The topological polar surface area (TPSA) is 56.2 Å². The summed E-state index contributed by atoms with van der Waals surface area (Å²) < 4.78 is 20.1. The van der Waals surface area contributed by atoms with Crippen LogP contribution in [0.1, 0.15) is 46.7 Å². The Morgan fingerprint density at radius 1 is 1.28 bits per heavy atom. The molecule has 1 N–H and O–H groups in total. The van der Waals surface area contributed by atoms with Crippen LogP contribution in [0.5, 0.6) is 11.8 Å². The predicted octanol–water partition coefficient (Wildman–Crippen LogP) is 4.72. The van der Waals surface area contributed by atoms with Gasteiger partial charge < -0.3 is 10.1 Å². The maximum Gasteiger partial charge on any atom is 0.329 e. The first-order valence-electron chi connectivity index (χ1n) is 8.48. The number of imidazole rings is 1. The second kappa shape index (κ2) is 7.68. The zero-order valence-electron chi connectivity index (χ0n) is 15.5. The summed E-state index contributed by atoms with van der Waals surface area (Å²) in [7, 11) is 0. The Morgan fingerprint density at radius 2 is 1.92 bits per heavy atom. The lowest BCUT2D eigenvalue weighted by molar-refractivity contribution is 0.239. The number of halogens is 1. The Hall–Kier alpha value is -2.37. The standard InChI is InChI=1S/C19H26FN3O2/c1-13(2)10-11-21-17(24)23-12-16(19(3,4)5)22-18(23)25-15-8-6-14(20)7-9-15/h6-9,12-13H,10-11H2,1-5H3,(H,21,24). The molecular formula is C19H26FN3O2. The number of carbonyl (C=O) groups is 1. The van der Waals surface area contributed by atoms with Gasteiger partial charge in [0.15, 0.2) is 0 Å². The van der Waals surface area contributed by atoms with E-state index in [4.69, 9.17) is 4.74 Å². The minimum absolute atomic E-state index is 0.165. The molecule has 25 heavy (non-hydrogen) atoms. The van der Waals surface area contributed by atoms with E-state index in [-0.39, 0.29) is 23.3 Å². The quantitative estimate of drug-likeness (QED) is 0.852. The van der Waals surface area contributed by atoms with Gasteiger partial charge in [-0.05, 0) is 36.6 Å². The van der Waals surface area contributed by atoms with E-state index in [1.165, 1.54) is 28.8 Å². The first-order valence-corrected chi connectivity index (χ1v) is 8.48. The lowest BCUT2D eigenvalue weighted by atomic mass is 9.93. The summed E-state index contributed by atoms with van der Waals surface area (Å²) in [5.74, 6) is 0.573. The SMILES string of the molecule is CC(C)CCNC(=O)n1cc(C(C)(C)C)nc1Oc1ccc(F)cc1. The molecule has 1 amide bonds. The first kappa shape index (κ1) is 19.0. The maximum absolute atomic E-state index is 13.1. The third kappa shape index (κ3) is 5.31. The molecule has 0 saturated carbocycles. The zero-order chi connectivity index (χ0) is 18.6. The van der Waals surface area contributed by atoms with E-state index in [9.17, 15) is 9.18 Å². The van der Waals surface area contributed by atoms with Crippen LogP contribution in [0.25, 0.3) is 0 Å². The van der Waals surface area contributed by atoms with Gasteiger partial charge in [0.1, 0.15) is 11.6 Å². The number of aromatic nitrogens is 2. The fourth-order valence-corrected chi connectivity index (χ4v) is 2.10. The first-order chi connectivity index (χ1) is 11.7. The van der Waals surface area contributed by atoms with Gasteiger partial charge >= 0.3 is 12.0 Å². The van der Waals surface area contributed by atoms with Gasteiger partial charge in [0.25, 0.3) is 0 Å². The number of rotatable bonds is 5. The van der Waals surface area contributed by atoms with Crippen LogP contribution >= 0.6 is 0 Å². The average molecular weight is 347 g/mol. The number of ether oxygens (including phenoxy) is 1. The van der Waals surface area contributed by atoms with Crippen molar-refractivity contribution in [3.8, 4) is 11.8 Å². The molecule has 0 radical (unpaired) electrons. The number of amides is 1. The van der Waals surface area contributed by atoms with Crippen LogP contribution in [0.4, 0.5) is 9.18 Å². The molecule has 0 bridgehead atoms. The van der Waals surface area contributed by atoms with Crippen LogP contribution in [-0.2, 0) is 5.41 Å². The van der Waals surface area contributed by atoms with E-state index in [1.54, 1.807) is 6.20 Å². The van der Waals surface area contributed by atoms with E-state index >= 15 is 0 Å². The van der Waals surface area contributed by atoms with Gasteiger partial charge in [-0.3, -0.25) is 0 Å². The normalized spacial score (nSPS) is 11.6. The molecule has 0 fully saturated rings. The van der Waals surface area contributed by atoms with Crippen LogP contribution < -0.4 is 10.1 Å². The van der Waals surface area contributed by atoms with Gasteiger partial charge in [-0.2, -0.15) is 4.98 Å². The minimum atomic E-state index is -0.350.